The summed E-state index contributed by atoms with van der Waals surface area (Å²) in [5, 5.41) is 11.1. The van der Waals surface area contributed by atoms with Gasteiger partial charge in [0.25, 0.3) is 0 Å². The number of halogens is 1. The van der Waals surface area contributed by atoms with Gasteiger partial charge in [0.2, 0.25) is 11.8 Å². The van der Waals surface area contributed by atoms with Gasteiger partial charge < -0.3 is 4.42 Å². The minimum Gasteiger partial charge on any atom is -0.403 e. The van der Waals surface area contributed by atoms with Gasteiger partial charge in [0.15, 0.2) is 0 Å². The van der Waals surface area contributed by atoms with Gasteiger partial charge in [0.1, 0.15) is 0 Å². The van der Waals surface area contributed by atoms with Gasteiger partial charge in [0.05, 0.1) is 6.42 Å². The van der Waals surface area contributed by atoms with Crippen molar-refractivity contribution in [3.63, 3.8) is 0 Å². The Morgan fingerprint density at radius 1 is 1.08 bits per heavy atom. The van der Waals surface area contributed by atoms with Crippen LogP contribution >= 0.6 is 11.6 Å². The van der Waals surface area contributed by atoms with Crippen LogP contribution in [-0.2, 0) is 11.2 Å². The SMILES string of the molecule is Cc1cc(C)cc(-c2nnc(NC(=O)Cc3ccc(Cl)cc3)o2)c1. The maximum Gasteiger partial charge on any atom is 0.322 e. The van der Waals surface area contributed by atoms with Crippen LogP contribution in [0.5, 0.6) is 0 Å². The molecule has 0 saturated carbocycles. The Hall–Kier alpha value is -2.66. The summed E-state index contributed by atoms with van der Waals surface area (Å²) >= 11 is 5.83. The van der Waals surface area contributed by atoms with Gasteiger partial charge in [-0.05, 0) is 43.7 Å². The van der Waals surface area contributed by atoms with Crippen LogP contribution in [0.2, 0.25) is 5.02 Å². The Kier molecular flexibility index (Phi) is 4.62. The molecule has 0 aliphatic heterocycles. The van der Waals surface area contributed by atoms with Crippen LogP contribution in [0, 0.1) is 13.8 Å². The van der Waals surface area contributed by atoms with E-state index in [1.807, 2.05) is 26.0 Å². The molecule has 1 heterocycles. The molecule has 5 nitrogen and oxygen atoms in total. The molecule has 1 aromatic heterocycles. The highest BCUT2D eigenvalue weighted by Gasteiger charge is 2.12. The lowest BCUT2D eigenvalue weighted by Gasteiger charge is -2.02. The summed E-state index contributed by atoms with van der Waals surface area (Å²) in [6, 6.07) is 13.2. The molecule has 1 amide bonds. The average Bonchev–Trinajstić information content (AvgIpc) is 2.97. The molecule has 6 heteroatoms. The van der Waals surface area contributed by atoms with Crippen molar-refractivity contribution in [2.45, 2.75) is 20.3 Å². The van der Waals surface area contributed by atoms with Gasteiger partial charge in [-0.15, -0.1) is 5.10 Å². The molecule has 24 heavy (non-hydrogen) atoms. The molecule has 3 rings (SSSR count). The van der Waals surface area contributed by atoms with Crippen LogP contribution in [0.1, 0.15) is 16.7 Å². The first-order chi connectivity index (χ1) is 11.5. The lowest BCUT2D eigenvalue weighted by atomic mass is 10.1. The van der Waals surface area contributed by atoms with Crippen molar-refractivity contribution in [3.8, 4) is 11.5 Å². The van der Waals surface area contributed by atoms with Crippen molar-refractivity contribution in [1.29, 1.82) is 0 Å². The molecule has 2 aromatic carbocycles. The number of benzene rings is 2. The number of hydrogen-bond donors (Lipinski definition) is 1. The Morgan fingerprint density at radius 3 is 2.42 bits per heavy atom. The van der Waals surface area contributed by atoms with Crippen LogP contribution in [0.15, 0.2) is 46.9 Å². The van der Waals surface area contributed by atoms with E-state index in [-0.39, 0.29) is 18.3 Å². The fourth-order valence-corrected chi connectivity index (χ4v) is 2.57. The molecular weight excluding hydrogens is 326 g/mol. The molecule has 0 saturated heterocycles. The first-order valence-corrected chi connectivity index (χ1v) is 7.84. The largest absolute Gasteiger partial charge is 0.403 e. The minimum atomic E-state index is -0.229. The highest BCUT2D eigenvalue weighted by Crippen LogP contribution is 2.22. The van der Waals surface area contributed by atoms with E-state index in [4.69, 9.17) is 16.0 Å². The highest BCUT2D eigenvalue weighted by molar-refractivity contribution is 6.30. The molecular formula is C18H16ClN3O2. The molecule has 0 atom stereocenters. The molecule has 0 aliphatic rings. The Labute approximate surface area is 144 Å². The number of rotatable bonds is 4. The van der Waals surface area contributed by atoms with Crippen molar-refractivity contribution >= 4 is 23.5 Å². The van der Waals surface area contributed by atoms with Crippen molar-refractivity contribution in [3.05, 3.63) is 64.2 Å². The number of carbonyl (C=O) groups is 1. The highest BCUT2D eigenvalue weighted by atomic mass is 35.5. The van der Waals surface area contributed by atoms with Crippen molar-refractivity contribution in [2.75, 3.05) is 5.32 Å². The second kappa shape index (κ2) is 6.84. The number of anilines is 1. The number of nitrogens with zero attached hydrogens (tertiary/aromatic N) is 2. The van der Waals surface area contributed by atoms with E-state index in [1.54, 1.807) is 24.3 Å². The topological polar surface area (TPSA) is 68.0 Å². The lowest BCUT2D eigenvalue weighted by molar-refractivity contribution is -0.115. The monoisotopic (exact) mass is 341 g/mol. The van der Waals surface area contributed by atoms with Crippen LogP contribution in [0.25, 0.3) is 11.5 Å². The number of carbonyl (C=O) groups excluding carboxylic acids is 1. The zero-order valence-electron chi connectivity index (χ0n) is 13.3. The lowest BCUT2D eigenvalue weighted by Crippen LogP contribution is -2.14. The Morgan fingerprint density at radius 2 is 1.75 bits per heavy atom. The van der Waals surface area contributed by atoms with E-state index in [1.165, 1.54) is 0 Å². The standard InChI is InChI=1S/C18H16ClN3O2/c1-11-7-12(2)9-14(8-11)17-21-22-18(24-17)20-16(23)10-13-3-5-15(19)6-4-13/h3-9H,10H2,1-2H3,(H,20,22,23). The molecule has 1 N–H and O–H groups in total. The first-order valence-electron chi connectivity index (χ1n) is 7.46. The minimum absolute atomic E-state index is 0.0862. The third kappa shape index (κ3) is 4.00. The fourth-order valence-electron chi connectivity index (χ4n) is 2.44. The van der Waals surface area contributed by atoms with Gasteiger partial charge in [-0.3, -0.25) is 10.1 Å². The van der Waals surface area contributed by atoms with Crippen LogP contribution in [-0.4, -0.2) is 16.1 Å². The molecule has 122 valence electrons. The third-order valence-corrected chi connectivity index (χ3v) is 3.67. The maximum atomic E-state index is 12.0. The van der Waals surface area contributed by atoms with Gasteiger partial charge >= 0.3 is 6.01 Å². The van der Waals surface area contributed by atoms with Crippen molar-refractivity contribution in [1.82, 2.24) is 10.2 Å². The molecule has 0 fully saturated rings. The summed E-state index contributed by atoms with van der Waals surface area (Å²) in [5.74, 6) is 0.150. The van der Waals surface area contributed by atoms with Gasteiger partial charge in [-0.1, -0.05) is 46.0 Å². The summed E-state index contributed by atoms with van der Waals surface area (Å²) in [6.07, 6.45) is 0.207. The summed E-state index contributed by atoms with van der Waals surface area (Å²) in [7, 11) is 0. The van der Waals surface area contributed by atoms with Crippen LogP contribution < -0.4 is 5.32 Å². The summed E-state index contributed by atoms with van der Waals surface area (Å²) in [6.45, 7) is 4.00. The molecule has 0 spiro atoms. The maximum absolute atomic E-state index is 12.0. The van der Waals surface area contributed by atoms with Crippen molar-refractivity contribution in [2.24, 2.45) is 0 Å². The summed E-state index contributed by atoms with van der Waals surface area (Å²) in [4.78, 5) is 12.0. The van der Waals surface area contributed by atoms with E-state index >= 15 is 0 Å². The smallest absolute Gasteiger partial charge is 0.322 e. The quantitative estimate of drug-likeness (QED) is 0.772. The normalized spacial score (nSPS) is 10.6. The zero-order valence-corrected chi connectivity index (χ0v) is 14.1. The molecule has 3 aromatic rings. The van der Waals surface area contributed by atoms with Gasteiger partial charge in [-0.2, -0.15) is 0 Å². The second-order valence-electron chi connectivity index (χ2n) is 5.64. The first kappa shape index (κ1) is 16.2. The van der Waals surface area contributed by atoms with E-state index in [0.29, 0.717) is 10.9 Å². The molecule has 0 radical (unpaired) electrons. The number of nitrogens with one attached hydrogen (secondary N) is 1. The predicted octanol–water partition coefficient (Wildman–Crippen LogP) is 4.19. The predicted molar refractivity (Wildman–Crippen MR) is 93.0 cm³/mol. The van der Waals surface area contributed by atoms with Crippen molar-refractivity contribution < 1.29 is 9.21 Å². The van der Waals surface area contributed by atoms with Crippen LogP contribution in [0.4, 0.5) is 6.01 Å². The van der Waals surface area contributed by atoms with E-state index in [0.717, 1.165) is 22.3 Å². The molecule has 0 unspecified atom stereocenters. The van der Waals surface area contributed by atoms with Crippen LogP contribution in [0.3, 0.4) is 0 Å². The molecule has 0 bridgehead atoms. The average molecular weight is 342 g/mol. The summed E-state index contributed by atoms with van der Waals surface area (Å²) < 4.78 is 5.53. The van der Waals surface area contributed by atoms with E-state index in [2.05, 4.69) is 21.6 Å². The fraction of sp³-hybridized carbons (Fsp3) is 0.167. The second-order valence-corrected chi connectivity index (χ2v) is 6.08. The Balaban J connectivity index is 1.69. The zero-order chi connectivity index (χ0) is 17.1. The van der Waals surface area contributed by atoms with E-state index < -0.39 is 0 Å². The van der Waals surface area contributed by atoms with Gasteiger partial charge in [-0.25, -0.2) is 0 Å². The number of aromatic nitrogens is 2. The number of aryl methyl sites for hydroxylation is 2. The number of amides is 1. The third-order valence-electron chi connectivity index (χ3n) is 3.42. The molecule has 0 aliphatic carbocycles. The van der Waals surface area contributed by atoms with Gasteiger partial charge in [0, 0.05) is 10.6 Å². The number of hydrogen-bond acceptors (Lipinski definition) is 4. The Bertz CT molecular complexity index is 852. The van der Waals surface area contributed by atoms with E-state index in [9.17, 15) is 4.79 Å². The summed E-state index contributed by atoms with van der Waals surface area (Å²) in [5.41, 5.74) is 3.90.